The van der Waals surface area contributed by atoms with E-state index in [2.05, 4.69) is 15.1 Å². The van der Waals surface area contributed by atoms with Crippen LogP contribution in [0.15, 0.2) is 54.2 Å². The summed E-state index contributed by atoms with van der Waals surface area (Å²) in [7, 11) is 0. The average molecular weight is 341 g/mol. The van der Waals surface area contributed by atoms with E-state index < -0.39 is 0 Å². The van der Waals surface area contributed by atoms with Crippen LogP contribution in [0.5, 0.6) is 0 Å². The van der Waals surface area contributed by atoms with Crippen LogP contribution < -0.4 is 0 Å². The zero-order valence-corrected chi connectivity index (χ0v) is 14.4. The van der Waals surface area contributed by atoms with Crippen molar-refractivity contribution in [1.29, 1.82) is 0 Å². The van der Waals surface area contributed by atoms with E-state index in [-0.39, 0.29) is 5.97 Å². The molecule has 0 atom stereocenters. The maximum Gasteiger partial charge on any atom is 0.305 e. The Morgan fingerprint density at radius 3 is 2.52 bits per heavy atom. The number of nitrogens with zero attached hydrogens (tertiary/aromatic N) is 3. The minimum absolute atomic E-state index is 0.142. The molecule has 0 aliphatic carbocycles. The van der Waals surface area contributed by atoms with Gasteiger partial charge < -0.3 is 9.57 Å². The molecule has 0 bridgehead atoms. The van der Waals surface area contributed by atoms with Crippen molar-refractivity contribution in [2.75, 3.05) is 13.2 Å². The van der Waals surface area contributed by atoms with Gasteiger partial charge in [-0.3, -0.25) is 4.79 Å². The second-order valence-corrected chi connectivity index (χ2v) is 5.38. The molecule has 0 radical (unpaired) electrons. The van der Waals surface area contributed by atoms with Gasteiger partial charge in [0.05, 0.1) is 6.61 Å². The lowest BCUT2D eigenvalue weighted by Crippen LogP contribution is -2.06. The monoisotopic (exact) mass is 341 g/mol. The molecule has 0 amide bonds. The van der Waals surface area contributed by atoms with Gasteiger partial charge in [-0.1, -0.05) is 35.5 Å². The molecule has 25 heavy (non-hydrogen) atoms. The van der Waals surface area contributed by atoms with Crippen LogP contribution in [0, 0.1) is 0 Å². The number of aromatic nitrogens is 2. The fraction of sp³-hybridized carbons (Fsp3) is 0.368. The van der Waals surface area contributed by atoms with Crippen LogP contribution in [0.3, 0.4) is 0 Å². The molecule has 1 heterocycles. The summed E-state index contributed by atoms with van der Waals surface area (Å²) in [5.74, 6) is -0.142. The maximum atomic E-state index is 11.2. The third kappa shape index (κ3) is 6.71. The van der Waals surface area contributed by atoms with Crippen molar-refractivity contribution in [2.45, 2.75) is 32.6 Å². The van der Waals surface area contributed by atoms with Crippen LogP contribution >= 0.6 is 0 Å². The van der Waals surface area contributed by atoms with Crippen LogP contribution in [0.25, 0.3) is 0 Å². The maximum absolute atomic E-state index is 11.2. The highest BCUT2D eigenvalue weighted by Gasteiger charge is 2.08. The number of hydrogen-bond donors (Lipinski definition) is 0. The van der Waals surface area contributed by atoms with Crippen molar-refractivity contribution < 1.29 is 14.4 Å². The molecule has 0 N–H and O–H groups in total. The number of unbranched alkanes of at least 4 members (excludes halogenated alkanes) is 2. The molecule has 1 aromatic carbocycles. The molecule has 1 aromatic heterocycles. The van der Waals surface area contributed by atoms with E-state index in [1.165, 1.54) is 6.33 Å². The van der Waals surface area contributed by atoms with E-state index in [9.17, 15) is 4.79 Å². The Kier molecular flexibility index (Phi) is 8.11. The highest BCUT2D eigenvalue weighted by atomic mass is 16.6. The molecule has 0 unspecified atom stereocenters. The van der Waals surface area contributed by atoms with Gasteiger partial charge in [0.15, 0.2) is 0 Å². The second-order valence-electron chi connectivity index (χ2n) is 5.38. The van der Waals surface area contributed by atoms with Gasteiger partial charge in [-0.2, -0.15) is 0 Å². The Morgan fingerprint density at radius 1 is 1.04 bits per heavy atom. The van der Waals surface area contributed by atoms with Crippen molar-refractivity contribution in [3.05, 3.63) is 60.2 Å². The molecule has 0 spiro atoms. The summed E-state index contributed by atoms with van der Waals surface area (Å²) >= 11 is 0. The van der Waals surface area contributed by atoms with Crippen molar-refractivity contribution >= 4 is 11.7 Å². The molecule has 0 aliphatic heterocycles. The third-order valence-electron chi connectivity index (χ3n) is 3.46. The number of ether oxygens (including phenoxy) is 1. The lowest BCUT2D eigenvalue weighted by molar-refractivity contribution is -0.143. The highest BCUT2D eigenvalue weighted by molar-refractivity contribution is 6.12. The summed E-state index contributed by atoms with van der Waals surface area (Å²) in [4.78, 5) is 24.8. The van der Waals surface area contributed by atoms with Gasteiger partial charge in [-0.05, 0) is 26.2 Å². The van der Waals surface area contributed by atoms with Crippen LogP contribution in [-0.2, 0) is 14.4 Å². The van der Waals surface area contributed by atoms with Crippen LogP contribution in [-0.4, -0.2) is 34.9 Å². The molecule has 0 fully saturated rings. The number of esters is 1. The SMILES string of the molecule is CCOC(=O)CCCCCO/N=C(\c1ccccc1)c1cncnc1. The highest BCUT2D eigenvalue weighted by Crippen LogP contribution is 2.10. The molecule has 6 nitrogen and oxygen atoms in total. The summed E-state index contributed by atoms with van der Waals surface area (Å²) in [5.41, 5.74) is 2.45. The van der Waals surface area contributed by atoms with E-state index in [4.69, 9.17) is 9.57 Å². The first-order valence-corrected chi connectivity index (χ1v) is 8.47. The van der Waals surface area contributed by atoms with E-state index in [1.54, 1.807) is 12.4 Å². The first-order chi connectivity index (χ1) is 12.3. The number of rotatable bonds is 10. The summed E-state index contributed by atoms with van der Waals surface area (Å²) in [6.07, 6.45) is 7.87. The van der Waals surface area contributed by atoms with E-state index in [1.807, 2.05) is 37.3 Å². The van der Waals surface area contributed by atoms with Crippen molar-refractivity contribution in [2.24, 2.45) is 5.16 Å². The summed E-state index contributed by atoms with van der Waals surface area (Å²) in [6, 6.07) is 9.78. The van der Waals surface area contributed by atoms with Crippen LogP contribution in [0.4, 0.5) is 0 Å². The van der Waals surface area contributed by atoms with E-state index in [0.29, 0.717) is 25.3 Å². The minimum atomic E-state index is -0.142. The normalized spacial score (nSPS) is 11.2. The predicted octanol–water partition coefficient (Wildman–Crippen LogP) is 3.37. The molecule has 0 aliphatic rings. The number of carbonyl (C=O) groups is 1. The van der Waals surface area contributed by atoms with Crippen molar-refractivity contribution in [1.82, 2.24) is 9.97 Å². The molecule has 0 saturated carbocycles. The fourth-order valence-electron chi connectivity index (χ4n) is 2.25. The molecule has 6 heteroatoms. The van der Waals surface area contributed by atoms with Gasteiger partial charge in [0.1, 0.15) is 18.6 Å². The van der Waals surface area contributed by atoms with Crippen molar-refractivity contribution in [3.63, 3.8) is 0 Å². The third-order valence-corrected chi connectivity index (χ3v) is 3.46. The Bertz CT molecular complexity index is 619. The number of benzene rings is 1. The van der Waals surface area contributed by atoms with Gasteiger partial charge in [0.2, 0.25) is 0 Å². The first-order valence-electron chi connectivity index (χ1n) is 8.47. The van der Waals surface area contributed by atoms with Crippen LogP contribution in [0.1, 0.15) is 43.7 Å². The summed E-state index contributed by atoms with van der Waals surface area (Å²) in [6.45, 7) is 2.74. The smallest absolute Gasteiger partial charge is 0.305 e. The Morgan fingerprint density at radius 2 is 1.80 bits per heavy atom. The lowest BCUT2D eigenvalue weighted by atomic mass is 10.1. The predicted molar refractivity (Wildman–Crippen MR) is 95.2 cm³/mol. The van der Waals surface area contributed by atoms with E-state index in [0.717, 1.165) is 30.4 Å². The Labute approximate surface area is 147 Å². The summed E-state index contributed by atoms with van der Waals surface area (Å²) in [5, 5.41) is 4.27. The Hall–Kier alpha value is -2.76. The number of oxime groups is 1. The largest absolute Gasteiger partial charge is 0.466 e. The topological polar surface area (TPSA) is 73.7 Å². The zero-order chi connectivity index (χ0) is 17.7. The zero-order valence-electron chi connectivity index (χ0n) is 14.4. The average Bonchev–Trinajstić information content (AvgIpc) is 2.65. The second kappa shape index (κ2) is 10.9. The van der Waals surface area contributed by atoms with Gasteiger partial charge in [0.25, 0.3) is 0 Å². The van der Waals surface area contributed by atoms with E-state index >= 15 is 0 Å². The van der Waals surface area contributed by atoms with Gasteiger partial charge in [0, 0.05) is 29.9 Å². The first kappa shape index (κ1) is 18.6. The Balaban J connectivity index is 1.84. The summed E-state index contributed by atoms with van der Waals surface area (Å²) < 4.78 is 4.90. The molecular weight excluding hydrogens is 318 g/mol. The quantitative estimate of drug-likeness (QED) is 0.287. The van der Waals surface area contributed by atoms with Gasteiger partial charge >= 0.3 is 5.97 Å². The molecular formula is C19H23N3O3. The molecule has 2 rings (SSSR count). The van der Waals surface area contributed by atoms with Gasteiger partial charge in [-0.25, -0.2) is 9.97 Å². The molecule has 132 valence electrons. The minimum Gasteiger partial charge on any atom is -0.466 e. The molecule has 2 aromatic rings. The van der Waals surface area contributed by atoms with Crippen LogP contribution in [0.2, 0.25) is 0 Å². The molecule has 0 saturated heterocycles. The van der Waals surface area contributed by atoms with Gasteiger partial charge in [-0.15, -0.1) is 0 Å². The van der Waals surface area contributed by atoms with Crippen molar-refractivity contribution in [3.8, 4) is 0 Å². The lowest BCUT2D eigenvalue weighted by Gasteiger charge is -2.07. The fourth-order valence-corrected chi connectivity index (χ4v) is 2.25. The number of carbonyl (C=O) groups excluding carboxylic acids is 1. The number of hydrogen-bond acceptors (Lipinski definition) is 6. The standard InChI is InChI=1S/C19H23N3O3/c1-2-24-18(23)11-7-4-8-12-25-22-19(16-9-5-3-6-10-16)17-13-20-15-21-14-17/h3,5-6,9-10,13-15H,2,4,7-8,11-12H2,1H3/b22-19+.